The Labute approximate surface area is 185 Å². The van der Waals surface area contributed by atoms with E-state index in [1.807, 2.05) is 30.3 Å². The van der Waals surface area contributed by atoms with Gasteiger partial charge in [0.15, 0.2) is 0 Å². The number of carbonyl (C=O) groups excluding carboxylic acids is 1. The fourth-order valence-corrected chi connectivity index (χ4v) is 4.74. The molecule has 7 nitrogen and oxygen atoms in total. The number of rotatable bonds is 4. The Bertz CT molecular complexity index is 1350. The van der Waals surface area contributed by atoms with Crippen LogP contribution in [0.1, 0.15) is 27.0 Å². The molecular weight excluding hydrogens is 428 g/mol. The largest absolute Gasteiger partial charge is 0.478 e. The molecule has 0 aromatic heterocycles. The molecule has 0 radical (unpaired) electrons. The lowest BCUT2D eigenvalue weighted by molar-refractivity contribution is 0.0696. The summed E-state index contributed by atoms with van der Waals surface area (Å²) < 4.78 is 27.1. The molecular formula is C24H18N2O5S. The molecule has 0 fully saturated rings. The number of hydrogen-bond donors (Lipinski definition) is 2. The minimum absolute atomic E-state index is 0.0363. The van der Waals surface area contributed by atoms with Crippen LogP contribution in [0.4, 0.5) is 10.5 Å². The average Bonchev–Trinajstić information content (AvgIpc) is 2.78. The van der Waals surface area contributed by atoms with Crippen LogP contribution >= 0.6 is 0 Å². The van der Waals surface area contributed by atoms with Gasteiger partial charge in [0.25, 0.3) is 10.0 Å². The van der Waals surface area contributed by atoms with Crippen molar-refractivity contribution in [1.29, 1.82) is 0 Å². The van der Waals surface area contributed by atoms with Crippen molar-refractivity contribution in [2.45, 2.75) is 17.9 Å². The van der Waals surface area contributed by atoms with Gasteiger partial charge in [0.1, 0.15) is 4.90 Å². The van der Waals surface area contributed by atoms with Crippen LogP contribution in [0.2, 0.25) is 0 Å². The molecule has 0 spiro atoms. The van der Waals surface area contributed by atoms with Crippen molar-refractivity contribution in [3.05, 3.63) is 95.1 Å². The number of nitrogens with zero attached hydrogens (tertiary/aromatic N) is 1. The second-order valence-electron chi connectivity index (χ2n) is 7.12. The number of sulfonamides is 1. The first-order chi connectivity index (χ1) is 15.3. The van der Waals surface area contributed by atoms with Crippen molar-refractivity contribution in [1.82, 2.24) is 4.31 Å². The molecule has 0 aliphatic carbocycles. The van der Waals surface area contributed by atoms with E-state index in [2.05, 4.69) is 17.2 Å². The van der Waals surface area contributed by atoms with Gasteiger partial charge in [0.05, 0.1) is 17.8 Å². The molecule has 160 valence electrons. The Balaban J connectivity index is 1.59. The normalized spacial score (nSPS) is 14.0. The predicted octanol–water partition coefficient (Wildman–Crippen LogP) is 3.72. The van der Waals surface area contributed by atoms with Gasteiger partial charge in [0, 0.05) is 12.0 Å². The summed E-state index contributed by atoms with van der Waals surface area (Å²) in [6.45, 7) is -0.225. The van der Waals surface area contributed by atoms with Crippen LogP contribution in [0.25, 0.3) is 0 Å². The van der Waals surface area contributed by atoms with Crippen molar-refractivity contribution in [2.75, 3.05) is 5.32 Å². The Morgan fingerprint density at radius 1 is 0.969 bits per heavy atom. The predicted molar refractivity (Wildman–Crippen MR) is 119 cm³/mol. The van der Waals surface area contributed by atoms with Crippen LogP contribution in [0.5, 0.6) is 0 Å². The first-order valence-corrected chi connectivity index (χ1v) is 11.1. The highest BCUT2D eigenvalue weighted by molar-refractivity contribution is 7.90. The molecule has 0 bridgehead atoms. The Morgan fingerprint density at radius 2 is 1.69 bits per heavy atom. The van der Waals surface area contributed by atoms with Gasteiger partial charge in [-0.3, -0.25) is 0 Å². The minimum Gasteiger partial charge on any atom is -0.478 e. The zero-order valence-corrected chi connectivity index (χ0v) is 17.6. The molecule has 4 rings (SSSR count). The van der Waals surface area contributed by atoms with E-state index in [0.717, 1.165) is 9.87 Å². The van der Waals surface area contributed by atoms with Gasteiger partial charge in [-0.2, -0.15) is 0 Å². The lowest BCUT2D eigenvalue weighted by Gasteiger charge is -2.29. The highest BCUT2D eigenvalue weighted by Gasteiger charge is 2.36. The van der Waals surface area contributed by atoms with E-state index in [-0.39, 0.29) is 22.7 Å². The number of carboxylic acid groups (broad SMARTS) is 1. The Morgan fingerprint density at radius 3 is 2.38 bits per heavy atom. The second kappa shape index (κ2) is 8.57. The Hall–Kier alpha value is -4.09. The number of nitrogens with one attached hydrogen (secondary N) is 1. The van der Waals surface area contributed by atoms with E-state index in [4.69, 9.17) is 5.11 Å². The maximum absolute atomic E-state index is 13.2. The van der Waals surface area contributed by atoms with Gasteiger partial charge in [-0.25, -0.2) is 22.3 Å². The summed E-state index contributed by atoms with van der Waals surface area (Å²) in [4.78, 5) is 23.4. The summed E-state index contributed by atoms with van der Waals surface area (Å²) in [7, 11) is -4.12. The van der Waals surface area contributed by atoms with Crippen LogP contribution in [-0.4, -0.2) is 29.8 Å². The van der Waals surface area contributed by atoms with Gasteiger partial charge in [-0.15, -0.1) is 0 Å². The van der Waals surface area contributed by atoms with E-state index >= 15 is 0 Å². The zero-order chi connectivity index (χ0) is 22.7. The molecule has 1 aliphatic heterocycles. The molecule has 0 unspecified atom stereocenters. The molecule has 3 aromatic rings. The van der Waals surface area contributed by atoms with Gasteiger partial charge >= 0.3 is 12.0 Å². The molecule has 1 aliphatic rings. The van der Waals surface area contributed by atoms with Crippen LogP contribution in [-0.2, 0) is 23.0 Å². The van der Waals surface area contributed by atoms with Gasteiger partial charge in [-0.05, 0) is 41.5 Å². The number of hydrogen-bond acceptors (Lipinski definition) is 4. The van der Waals surface area contributed by atoms with Gasteiger partial charge in [-0.1, -0.05) is 54.3 Å². The molecule has 0 saturated heterocycles. The third kappa shape index (κ3) is 4.33. The molecule has 2 N–H and O–H groups in total. The summed E-state index contributed by atoms with van der Waals surface area (Å²) in [6.07, 6.45) is 0.528. The number of benzene rings is 3. The number of amides is 2. The molecule has 32 heavy (non-hydrogen) atoms. The summed E-state index contributed by atoms with van der Waals surface area (Å²) in [5, 5.41) is 11.6. The van der Waals surface area contributed by atoms with Crippen molar-refractivity contribution in [3.8, 4) is 11.8 Å². The first kappa shape index (κ1) is 21.2. The molecule has 8 heteroatoms. The lowest BCUT2D eigenvalue weighted by Crippen LogP contribution is -2.43. The fraction of sp³-hybridized carbons (Fsp3) is 0.0833. The summed E-state index contributed by atoms with van der Waals surface area (Å²) in [5.74, 6) is 4.92. The van der Waals surface area contributed by atoms with Crippen LogP contribution in [0.3, 0.4) is 0 Å². The average molecular weight is 446 g/mol. The monoisotopic (exact) mass is 446 g/mol. The van der Waals surface area contributed by atoms with Gasteiger partial charge in [0.2, 0.25) is 0 Å². The maximum Gasteiger partial charge on any atom is 0.336 e. The Kier molecular flexibility index (Phi) is 5.67. The van der Waals surface area contributed by atoms with Crippen LogP contribution < -0.4 is 5.32 Å². The number of anilines is 1. The molecule has 0 saturated carbocycles. The fourth-order valence-electron chi connectivity index (χ4n) is 3.24. The number of carboxylic acids is 1. The number of aromatic carboxylic acids is 1. The topological polar surface area (TPSA) is 104 Å². The number of carbonyl (C=O) groups is 2. The third-order valence-electron chi connectivity index (χ3n) is 4.91. The van der Waals surface area contributed by atoms with Crippen LogP contribution in [0.15, 0.2) is 77.7 Å². The van der Waals surface area contributed by atoms with E-state index < -0.39 is 22.0 Å². The standard InChI is InChI=1S/C24H18N2O5S/c27-23(28)20-12-9-19(10-13-20)16-26-24(29)25-21-14-11-18(15-22(21)32(26,30)31)8-4-7-17-5-2-1-3-6-17/h1-3,5-6,9-15H,7,16H2,(H,25,29)(H,27,28). The summed E-state index contributed by atoms with van der Waals surface area (Å²) in [5.41, 5.74) is 2.32. The lowest BCUT2D eigenvalue weighted by atomic mass is 10.1. The zero-order valence-electron chi connectivity index (χ0n) is 16.8. The van der Waals surface area contributed by atoms with Crippen LogP contribution in [0, 0.1) is 11.8 Å². The second-order valence-corrected chi connectivity index (χ2v) is 8.95. The number of fused-ring (bicyclic) bond motifs is 1. The summed E-state index contributed by atoms with van der Waals surface area (Å²) >= 11 is 0. The van der Waals surface area contributed by atoms with E-state index in [1.165, 1.54) is 36.4 Å². The van der Waals surface area contributed by atoms with E-state index in [1.54, 1.807) is 6.07 Å². The smallest absolute Gasteiger partial charge is 0.336 e. The third-order valence-corrected chi connectivity index (χ3v) is 6.68. The molecule has 0 atom stereocenters. The molecule has 2 amide bonds. The molecule has 1 heterocycles. The first-order valence-electron chi connectivity index (χ1n) is 9.67. The molecule has 3 aromatic carbocycles. The van der Waals surface area contributed by atoms with E-state index in [9.17, 15) is 18.0 Å². The maximum atomic E-state index is 13.2. The van der Waals surface area contributed by atoms with Crippen molar-refractivity contribution in [3.63, 3.8) is 0 Å². The van der Waals surface area contributed by atoms with Gasteiger partial charge < -0.3 is 10.4 Å². The highest BCUT2D eigenvalue weighted by atomic mass is 32.2. The van der Waals surface area contributed by atoms with Crippen molar-refractivity contribution >= 4 is 27.7 Å². The SMILES string of the molecule is O=C(O)c1ccc(CN2C(=O)Nc3ccc(C#CCc4ccccc4)cc3S2(=O)=O)cc1. The number of urea groups is 1. The summed E-state index contributed by atoms with van der Waals surface area (Å²) in [6, 6.07) is 19.2. The highest BCUT2D eigenvalue weighted by Crippen LogP contribution is 2.31. The van der Waals surface area contributed by atoms with E-state index in [0.29, 0.717) is 17.5 Å². The quantitative estimate of drug-likeness (QED) is 0.595. The van der Waals surface area contributed by atoms with Crippen molar-refractivity contribution < 1.29 is 23.1 Å². The van der Waals surface area contributed by atoms with Crippen molar-refractivity contribution in [2.24, 2.45) is 0 Å². The minimum atomic E-state index is -4.12.